The summed E-state index contributed by atoms with van der Waals surface area (Å²) in [6, 6.07) is 16.4. The zero-order valence-corrected chi connectivity index (χ0v) is 21.7. The van der Waals surface area contributed by atoms with Crippen molar-refractivity contribution in [2.45, 2.75) is 31.9 Å². The lowest BCUT2D eigenvalue weighted by molar-refractivity contribution is -0.137. The van der Waals surface area contributed by atoms with Gasteiger partial charge < -0.3 is 18.8 Å². The van der Waals surface area contributed by atoms with E-state index in [1.54, 1.807) is 38.4 Å². The topological polar surface area (TPSA) is 56.1 Å². The summed E-state index contributed by atoms with van der Waals surface area (Å²) in [5, 5.41) is 0. The Morgan fingerprint density at radius 1 is 1.03 bits per heavy atom. The number of aryl methyl sites for hydroxylation is 1. The molecule has 0 aliphatic heterocycles. The van der Waals surface area contributed by atoms with Gasteiger partial charge in [-0.3, -0.25) is 4.79 Å². The Labute approximate surface area is 219 Å². The van der Waals surface area contributed by atoms with Gasteiger partial charge in [0.15, 0.2) is 11.5 Å². The Balaban J connectivity index is 1.61. The van der Waals surface area contributed by atoms with Crippen molar-refractivity contribution in [3.63, 3.8) is 0 Å². The molecular weight excluding hydrogens is 495 g/mol. The number of methoxy groups -OCH3 is 2. The third-order valence-electron chi connectivity index (χ3n) is 6.71. The molecule has 2 aromatic heterocycles. The molecule has 4 aromatic rings. The molecule has 9 heteroatoms. The average molecular weight is 526 g/mol. The maximum absolute atomic E-state index is 13.5. The van der Waals surface area contributed by atoms with E-state index in [4.69, 9.17) is 9.47 Å². The van der Waals surface area contributed by atoms with Crippen molar-refractivity contribution in [3.8, 4) is 11.5 Å². The van der Waals surface area contributed by atoms with Crippen molar-refractivity contribution in [2.24, 2.45) is 0 Å². The van der Waals surface area contributed by atoms with Gasteiger partial charge in [-0.15, -0.1) is 0 Å². The van der Waals surface area contributed by atoms with Gasteiger partial charge in [0, 0.05) is 37.8 Å². The fourth-order valence-corrected chi connectivity index (χ4v) is 4.59. The molecule has 0 bridgehead atoms. The fourth-order valence-electron chi connectivity index (χ4n) is 4.59. The number of likely N-dealkylation sites (N-methyl/N-ethyl adjacent to an activating group) is 1. The normalized spacial score (nSPS) is 12.4. The van der Waals surface area contributed by atoms with E-state index in [0.29, 0.717) is 41.4 Å². The molecule has 38 heavy (non-hydrogen) atoms. The summed E-state index contributed by atoms with van der Waals surface area (Å²) in [5.41, 5.74) is 2.84. The van der Waals surface area contributed by atoms with E-state index in [2.05, 4.69) is 4.98 Å². The molecule has 1 amide bonds. The third-order valence-corrected chi connectivity index (χ3v) is 6.71. The van der Waals surface area contributed by atoms with E-state index in [-0.39, 0.29) is 12.3 Å². The standard InChI is InChI=1S/C29H30F3N3O3/c1-19-7-5-10-27-33-18-24(35(19)27)23(21-8-6-9-22(16-21)29(30,31)32)17-28(36)34(2)14-13-20-11-12-25(37-3)26(15-20)38-4/h5-12,15-16,18,23H,13-14,17H2,1-4H3. The minimum Gasteiger partial charge on any atom is -0.493 e. The highest BCUT2D eigenvalue weighted by Crippen LogP contribution is 2.35. The Morgan fingerprint density at radius 2 is 1.76 bits per heavy atom. The maximum Gasteiger partial charge on any atom is 0.416 e. The molecule has 6 nitrogen and oxygen atoms in total. The van der Waals surface area contributed by atoms with Crippen LogP contribution in [0, 0.1) is 6.92 Å². The van der Waals surface area contributed by atoms with Gasteiger partial charge in [0.25, 0.3) is 0 Å². The van der Waals surface area contributed by atoms with Gasteiger partial charge >= 0.3 is 6.18 Å². The smallest absolute Gasteiger partial charge is 0.416 e. The van der Waals surface area contributed by atoms with Crippen LogP contribution >= 0.6 is 0 Å². The third kappa shape index (κ3) is 5.77. The van der Waals surface area contributed by atoms with Crippen LogP contribution in [0.5, 0.6) is 11.5 Å². The van der Waals surface area contributed by atoms with E-state index in [1.807, 2.05) is 47.7 Å². The van der Waals surface area contributed by atoms with Crippen LogP contribution in [-0.2, 0) is 17.4 Å². The van der Waals surface area contributed by atoms with E-state index >= 15 is 0 Å². The SMILES string of the molecule is COc1ccc(CCN(C)C(=O)CC(c2cccc(C(F)(F)F)c2)c2cnc3cccc(C)n23)cc1OC. The predicted molar refractivity (Wildman–Crippen MR) is 139 cm³/mol. The average Bonchev–Trinajstić information content (AvgIpc) is 3.34. The highest BCUT2D eigenvalue weighted by molar-refractivity contribution is 5.77. The molecule has 0 N–H and O–H groups in total. The van der Waals surface area contributed by atoms with Gasteiger partial charge in [-0.2, -0.15) is 13.2 Å². The summed E-state index contributed by atoms with van der Waals surface area (Å²) >= 11 is 0. The second kappa shape index (κ2) is 11.2. The Bertz CT molecular complexity index is 1430. The van der Waals surface area contributed by atoms with E-state index in [0.717, 1.165) is 23.4 Å². The predicted octanol–water partition coefficient (Wildman–Crippen LogP) is 5.90. The number of pyridine rings is 1. The summed E-state index contributed by atoms with van der Waals surface area (Å²) in [6.07, 6.45) is -2.28. The van der Waals surface area contributed by atoms with E-state index < -0.39 is 17.7 Å². The first-order valence-electron chi connectivity index (χ1n) is 12.2. The first-order valence-corrected chi connectivity index (χ1v) is 12.2. The number of alkyl halides is 3. The van der Waals surface area contributed by atoms with E-state index in [1.165, 1.54) is 6.07 Å². The first-order chi connectivity index (χ1) is 18.1. The van der Waals surface area contributed by atoms with Gasteiger partial charge in [0.2, 0.25) is 5.91 Å². The molecule has 0 fully saturated rings. The molecule has 0 radical (unpaired) electrons. The number of halogens is 3. The molecule has 0 saturated carbocycles. The van der Waals surface area contributed by atoms with Crippen molar-refractivity contribution >= 4 is 11.6 Å². The summed E-state index contributed by atoms with van der Waals surface area (Å²) < 4.78 is 53.1. The van der Waals surface area contributed by atoms with Crippen LogP contribution < -0.4 is 9.47 Å². The lowest BCUT2D eigenvalue weighted by Gasteiger charge is -2.23. The molecule has 2 aromatic carbocycles. The molecular formula is C29H30F3N3O3. The second-order valence-corrected chi connectivity index (χ2v) is 9.18. The number of ether oxygens (including phenoxy) is 2. The Morgan fingerprint density at radius 3 is 2.47 bits per heavy atom. The minimum atomic E-state index is -4.49. The lowest BCUT2D eigenvalue weighted by Crippen LogP contribution is -2.30. The van der Waals surface area contributed by atoms with Crippen LogP contribution in [0.15, 0.2) is 66.9 Å². The molecule has 0 aliphatic carbocycles. The number of imidazole rings is 1. The molecule has 200 valence electrons. The number of fused-ring (bicyclic) bond motifs is 1. The van der Waals surface area contributed by atoms with Crippen LogP contribution in [0.2, 0.25) is 0 Å². The Hall–Kier alpha value is -4.01. The van der Waals surface area contributed by atoms with Crippen molar-refractivity contribution in [1.29, 1.82) is 0 Å². The second-order valence-electron chi connectivity index (χ2n) is 9.18. The zero-order valence-electron chi connectivity index (χ0n) is 21.7. The van der Waals surface area contributed by atoms with Crippen molar-refractivity contribution in [1.82, 2.24) is 14.3 Å². The molecule has 1 unspecified atom stereocenters. The van der Waals surface area contributed by atoms with E-state index in [9.17, 15) is 18.0 Å². The van der Waals surface area contributed by atoms with Crippen LogP contribution in [-0.4, -0.2) is 48.0 Å². The quantitative estimate of drug-likeness (QED) is 0.273. The Kier molecular flexibility index (Phi) is 7.94. The summed E-state index contributed by atoms with van der Waals surface area (Å²) in [5.74, 6) is 0.417. The molecule has 4 rings (SSSR count). The number of nitrogens with zero attached hydrogens (tertiary/aromatic N) is 3. The van der Waals surface area contributed by atoms with Crippen molar-refractivity contribution in [3.05, 3.63) is 94.9 Å². The highest BCUT2D eigenvalue weighted by atomic mass is 19.4. The first kappa shape index (κ1) is 27.0. The fraction of sp³-hybridized carbons (Fsp3) is 0.310. The number of carbonyl (C=O) groups excluding carboxylic acids is 1. The van der Waals surface area contributed by atoms with Crippen molar-refractivity contribution < 1.29 is 27.4 Å². The van der Waals surface area contributed by atoms with Crippen LogP contribution in [0.25, 0.3) is 5.65 Å². The number of carbonyl (C=O) groups is 1. The number of hydrogen-bond acceptors (Lipinski definition) is 4. The zero-order chi connectivity index (χ0) is 27.4. The molecule has 0 spiro atoms. The van der Waals surface area contributed by atoms with Gasteiger partial charge in [0.1, 0.15) is 5.65 Å². The minimum absolute atomic E-state index is 0.00806. The summed E-state index contributed by atoms with van der Waals surface area (Å²) in [7, 11) is 4.83. The maximum atomic E-state index is 13.5. The molecule has 2 heterocycles. The largest absolute Gasteiger partial charge is 0.493 e. The van der Waals surface area contributed by atoms with Gasteiger partial charge in [-0.1, -0.05) is 30.3 Å². The van der Waals surface area contributed by atoms with Crippen LogP contribution in [0.4, 0.5) is 13.2 Å². The molecule has 1 atom stereocenters. The van der Waals surface area contributed by atoms with Crippen LogP contribution in [0.1, 0.15) is 40.4 Å². The van der Waals surface area contributed by atoms with Gasteiger partial charge in [0.05, 0.1) is 25.5 Å². The highest BCUT2D eigenvalue weighted by Gasteiger charge is 2.32. The van der Waals surface area contributed by atoms with Crippen LogP contribution in [0.3, 0.4) is 0 Å². The van der Waals surface area contributed by atoms with Crippen molar-refractivity contribution in [2.75, 3.05) is 27.8 Å². The lowest BCUT2D eigenvalue weighted by atomic mass is 9.90. The van der Waals surface area contributed by atoms with Gasteiger partial charge in [-0.05, 0) is 54.8 Å². The number of benzene rings is 2. The molecule has 0 aliphatic rings. The summed E-state index contributed by atoms with van der Waals surface area (Å²) in [6.45, 7) is 2.33. The number of aromatic nitrogens is 2. The molecule has 0 saturated heterocycles. The number of amides is 1. The summed E-state index contributed by atoms with van der Waals surface area (Å²) in [4.78, 5) is 19.5. The number of hydrogen-bond donors (Lipinski definition) is 0. The number of rotatable bonds is 9. The van der Waals surface area contributed by atoms with Gasteiger partial charge in [-0.25, -0.2) is 4.98 Å². The monoisotopic (exact) mass is 525 g/mol.